The predicted molar refractivity (Wildman–Crippen MR) is 49.5 cm³/mol. The van der Waals surface area contributed by atoms with E-state index in [0.717, 1.165) is 0 Å². The fraction of sp³-hybridized carbons (Fsp3) is 0.500. The van der Waals surface area contributed by atoms with Crippen molar-refractivity contribution in [2.24, 2.45) is 5.92 Å². The maximum Gasteiger partial charge on any atom is 0.471 e. The summed E-state index contributed by atoms with van der Waals surface area (Å²) < 4.78 is 35.3. The van der Waals surface area contributed by atoms with Crippen molar-refractivity contribution in [3.05, 3.63) is 0 Å². The molecule has 1 N–H and O–H groups in total. The molecule has 0 spiro atoms. The third kappa shape index (κ3) is 5.64. The molecule has 0 saturated heterocycles. The molecule has 0 aliphatic heterocycles. The molecule has 82 valence electrons. The highest BCUT2D eigenvalue weighted by Crippen LogP contribution is 2.14. The molecule has 0 aromatic rings. The average molecular weight is 217 g/mol. The summed E-state index contributed by atoms with van der Waals surface area (Å²) >= 11 is 0. The minimum atomic E-state index is -4.86. The van der Waals surface area contributed by atoms with Crippen LogP contribution in [0.15, 0.2) is 0 Å². The van der Waals surface area contributed by atoms with Gasteiger partial charge in [0.2, 0.25) is 0 Å². The molecule has 0 saturated carbocycles. The number of alkyl halides is 3. The molecule has 5 heteroatoms. The summed E-state index contributed by atoms with van der Waals surface area (Å²) in [6.07, 6.45) is 5.61. The fourth-order valence-electron chi connectivity index (χ4n) is 0.887. The van der Waals surface area contributed by atoms with E-state index < -0.39 is 12.1 Å². The summed E-state index contributed by atoms with van der Waals surface area (Å²) in [5.41, 5.74) is 0. The van der Waals surface area contributed by atoms with E-state index in [4.69, 9.17) is 12.8 Å². The number of halogens is 3. The highest BCUT2D eigenvalue weighted by molar-refractivity contribution is 5.81. The number of hydrogen-bond donors (Lipinski definition) is 1. The number of carbonyl (C=O) groups excluding carboxylic acids is 1. The van der Waals surface area contributed by atoms with Crippen LogP contribution in [0, 0.1) is 30.6 Å². The van der Waals surface area contributed by atoms with E-state index in [0.29, 0.717) is 0 Å². The Kier molecular flexibility index (Phi) is 5.33. The molecule has 0 radical (unpaired) electrons. The van der Waals surface area contributed by atoms with Crippen LogP contribution in [0.1, 0.15) is 12.8 Å². The van der Waals surface area contributed by atoms with Gasteiger partial charge in [-0.2, -0.15) is 13.2 Å². The number of rotatable bonds is 4. The molecule has 0 heterocycles. The van der Waals surface area contributed by atoms with Crippen LogP contribution in [0.3, 0.4) is 0 Å². The van der Waals surface area contributed by atoms with Crippen LogP contribution >= 0.6 is 0 Å². The molecule has 1 amide bonds. The second-order valence-corrected chi connectivity index (χ2v) is 2.89. The first kappa shape index (κ1) is 13.4. The van der Waals surface area contributed by atoms with E-state index >= 15 is 0 Å². The van der Waals surface area contributed by atoms with Gasteiger partial charge in [0.05, 0.1) is 0 Å². The standard InChI is InChI=1S/C10H10F3NO/c1-3-5-8(6-4-2)7-14-9(15)10(11,12)13/h1-2,8H,5-7H2,(H,14,15). The topological polar surface area (TPSA) is 29.1 Å². The minimum Gasteiger partial charge on any atom is -0.348 e. The number of carbonyl (C=O) groups is 1. The molecule has 15 heavy (non-hydrogen) atoms. The Morgan fingerprint density at radius 3 is 2.07 bits per heavy atom. The number of hydrogen-bond acceptors (Lipinski definition) is 1. The van der Waals surface area contributed by atoms with Gasteiger partial charge >= 0.3 is 12.1 Å². The number of amides is 1. The molecule has 0 aliphatic rings. The lowest BCUT2D eigenvalue weighted by Gasteiger charge is -2.13. The molecule has 2 nitrogen and oxygen atoms in total. The fourth-order valence-corrected chi connectivity index (χ4v) is 0.887. The number of nitrogens with one attached hydrogen (secondary N) is 1. The molecule has 0 bridgehead atoms. The van der Waals surface area contributed by atoms with E-state index in [1.54, 1.807) is 5.32 Å². The zero-order valence-corrected chi connectivity index (χ0v) is 7.90. The van der Waals surface area contributed by atoms with Crippen molar-refractivity contribution in [1.82, 2.24) is 5.32 Å². The maximum atomic E-state index is 11.8. The Bertz CT molecular complexity index is 279. The minimum absolute atomic E-state index is 0.160. The van der Waals surface area contributed by atoms with Gasteiger partial charge in [-0.15, -0.1) is 24.7 Å². The molecule has 0 aliphatic carbocycles. The van der Waals surface area contributed by atoms with Crippen LogP contribution in [0.5, 0.6) is 0 Å². The predicted octanol–water partition coefficient (Wildman–Crippen LogP) is 1.33. The zero-order chi connectivity index (χ0) is 11.9. The molecule has 0 unspecified atom stereocenters. The Labute approximate surface area is 86.2 Å². The van der Waals surface area contributed by atoms with Gasteiger partial charge in [0.1, 0.15) is 0 Å². The lowest BCUT2D eigenvalue weighted by molar-refractivity contribution is -0.173. The molecule has 0 atom stereocenters. The summed E-state index contributed by atoms with van der Waals surface area (Å²) in [6, 6.07) is 0. The highest BCUT2D eigenvalue weighted by atomic mass is 19.4. The van der Waals surface area contributed by atoms with Gasteiger partial charge in [-0.1, -0.05) is 0 Å². The van der Waals surface area contributed by atoms with Gasteiger partial charge in [0.15, 0.2) is 0 Å². The SMILES string of the molecule is C#CCC(CC#C)CNC(=O)C(F)(F)F. The van der Waals surface area contributed by atoms with Gasteiger partial charge in [-0.05, 0) is 5.92 Å². The normalized spacial score (nSPS) is 10.5. The van der Waals surface area contributed by atoms with Crippen molar-refractivity contribution in [3.63, 3.8) is 0 Å². The monoisotopic (exact) mass is 217 g/mol. The summed E-state index contributed by atoms with van der Waals surface area (Å²) in [6.45, 7) is -0.160. The van der Waals surface area contributed by atoms with Gasteiger partial charge in [0, 0.05) is 19.4 Å². The van der Waals surface area contributed by atoms with Crippen LogP contribution in [0.2, 0.25) is 0 Å². The van der Waals surface area contributed by atoms with Gasteiger partial charge in [-0.3, -0.25) is 4.79 Å². The van der Waals surface area contributed by atoms with E-state index in [9.17, 15) is 18.0 Å². The van der Waals surface area contributed by atoms with Gasteiger partial charge in [0.25, 0.3) is 0 Å². The largest absolute Gasteiger partial charge is 0.471 e. The lowest BCUT2D eigenvalue weighted by Crippen LogP contribution is -2.39. The van der Waals surface area contributed by atoms with Crippen molar-refractivity contribution < 1.29 is 18.0 Å². The zero-order valence-electron chi connectivity index (χ0n) is 7.90. The van der Waals surface area contributed by atoms with E-state index in [-0.39, 0.29) is 25.3 Å². The van der Waals surface area contributed by atoms with Crippen molar-refractivity contribution >= 4 is 5.91 Å². The van der Waals surface area contributed by atoms with E-state index in [1.165, 1.54) is 0 Å². The molecular formula is C10H10F3NO. The van der Waals surface area contributed by atoms with Crippen LogP contribution in [0.25, 0.3) is 0 Å². The molecule has 0 aromatic heterocycles. The third-order valence-electron chi connectivity index (χ3n) is 1.62. The molecule has 0 fully saturated rings. The van der Waals surface area contributed by atoms with Gasteiger partial charge < -0.3 is 5.32 Å². The first-order valence-corrected chi connectivity index (χ1v) is 4.13. The van der Waals surface area contributed by atoms with Crippen LogP contribution in [0.4, 0.5) is 13.2 Å². The van der Waals surface area contributed by atoms with Crippen LogP contribution < -0.4 is 5.32 Å². The first-order valence-electron chi connectivity index (χ1n) is 4.13. The van der Waals surface area contributed by atoms with Crippen molar-refractivity contribution in [2.75, 3.05) is 6.54 Å². The number of terminal acetylenes is 2. The molecule has 0 aromatic carbocycles. The van der Waals surface area contributed by atoms with E-state index in [2.05, 4.69) is 11.8 Å². The van der Waals surface area contributed by atoms with E-state index in [1.807, 2.05) is 0 Å². The summed E-state index contributed by atoms with van der Waals surface area (Å²) in [7, 11) is 0. The lowest BCUT2D eigenvalue weighted by atomic mass is 10.0. The average Bonchev–Trinajstić information content (AvgIpc) is 2.12. The first-order chi connectivity index (χ1) is 6.91. The quantitative estimate of drug-likeness (QED) is 0.707. The maximum absolute atomic E-state index is 11.8. The summed E-state index contributed by atoms with van der Waals surface area (Å²) in [5, 5.41) is 1.74. The Balaban J connectivity index is 4.07. The molecular weight excluding hydrogens is 207 g/mol. The Hall–Kier alpha value is -1.62. The van der Waals surface area contributed by atoms with Crippen molar-refractivity contribution in [2.45, 2.75) is 19.0 Å². The summed E-state index contributed by atoms with van der Waals surface area (Å²) in [5.74, 6) is 2.29. The molecule has 0 rings (SSSR count). The second-order valence-electron chi connectivity index (χ2n) is 2.89. The third-order valence-corrected chi connectivity index (χ3v) is 1.62. The van der Waals surface area contributed by atoms with Crippen LogP contribution in [-0.2, 0) is 4.79 Å². The highest BCUT2D eigenvalue weighted by Gasteiger charge is 2.38. The van der Waals surface area contributed by atoms with Crippen LogP contribution in [-0.4, -0.2) is 18.6 Å². The van der Waals surface area contributed by atoms with Gasteiger partial charge in [-0.25, -0.2) is 0 Å². The second kappa shape index (κ2) is 5.98. The summed E-state index contributed by atoms with van der Waals surface area (Å²) in [4.78, 5) is 10.4. The smallest absolute Gasteiger partial charge is 0.348 e. The Morgan fingerprint density at radius 1 is 1.27 bits per heavy atom. The van der Waals surface area contributed by atoms with Crippen molar-refractivity contribution in [1.29, 1.82) is 0 Å². The van der Waals surface area contributed by atoms with Crippen molar-refractivity contribution in [3.8, 4) is 24.7 Å². The Morgan fingerprint density at radius 2 is 1.73 bits per heavy atom.